The van der Waals surface area contributed by atoms with Gasteiger partial charge in [0.1, 0.15) is 18.2 Å². The van der Waals surface area contributed by atoms with E-state index in [0.717, 1.165) is 30.6 Å². The predicted molar refractivity (Wildman–Crippen MR) is 165 cm³/mol. The number of H-pyrrole nitrogens is 1. The molecule has 3 heterocycles. The molecule has 2 aromatic rings. The smallest absolute Gasteiger partial charge is 0.320 e. The van der Waals surface area contributed by atoms with E-state index in [9.17, 15) is 19.2 Å². The van der Waals surface area contributed by atoms with E-state index in [-0.39, 0.29) is 41.7 Å². The fourth-order valence-electron chi connectivity index (χ4n) is 6.74. The summed E-state index contributed by atoms with van der Waals surface area (Å²) in [6.45, 7) is 7.33. The van der Waals surface area contributed by atoms with Crippen molar-refractivity contribution in [1.82, 2.24) is 14.9 Å². The van der Waals surface area contributed by atoms with Gasteiger partial charge in [-0.05, 0) is 50.1 Å². The van der Waals surface area contributed by atoms with E-state index in [0.29, 0.717) is 17.5 Å². The van der Waals surface area contributed by atoms with E-state index in [4.69, 9.17) is 35.9 Å². The molecule has 0 saturated carbocycles. The van der Waals surface area contributed by atoms with Crippen molar-refractivity contribution in [3.05, 3.63) is 53.6 Å². The fraction of sp³-hybridized carbons (Fsp3) is 0.531. The SMILES string of the molecule is CC(=O)Oc1ccc2c3c1O[C@H]1[C@@H](OC(C)=O)C=C[C@H]4[C@@H](C2)N(C)CC[C@@]341.CC(C)C(N)C(=O)O.N[C@@H](Cc1cnc[nH]1)C(=O)O. The van der Waals surface area contributed by atoms with E-state index in [2.05, 4.69) is 34.1 Å². The number of likely N-dealkylation sites (N-methyl/N-ethyl adjacent to an activating group) is 1. The zero-order chi connectivity index (χ0) is 33.9. The molecule has 7 N–H and O–H groups in total. The number of piperidine rings is 1. The van der Waals surface area contributed by atoms with Gasteiger partial charge in [-0.1, -0.05) is 26.0 Å². The van der Waals surface area contributed by atoms with Crippen LogP contribution in [-0.2, 0) is 42.2 Å². The normalized spacial score (nSPS) is 26.2. The molecule has 46 heavy (non-hydrogen) atoms. The third kappa shape index (κ3) is 6.93. The van der Waals surface area contributed by atoms with Crippen molar-refractivity contribution < 1.29 is 43.6 Å². The summed E-state index contributed by atoms with van der Waals surface area (Å²) in [5.74, 6) is -1.20. The fourth-order valence-corrected chi connectivity index (χ4v) is 6.74. The number of nitrogens with two attached hydrogens (primary N) is 2. The highest BCUT2D eigenvalue weighted by Crippen LogP contribution is 2.62. The van der Waals surface area contributed by atoms with Crippen molar-refractivity contribution in [3.63, 3.8) is 0 Å². The van der Waals surface area contributed by atoms with Crippen molar-refractivity contribution in [1.29, 1.82) is 0 Å². The Hall–Kier alpha value is -4.27. The van der Waals surface area contributed by atoms with Crippen LogP contribution in [0, 0.1) is 11.8 Å². The third-order valence-corrected chi connectivity index (χ3v) is 8.99. The molecule has 1 unspecified atom stereocenters. The number of aromatic nitrogens is 2. The Morgan fingerprint density at radius 2 is 1.85 bits per heavy atom. The van der Waals surface area contributed by atoms with E-state index >= 15 is 0 Å². The minimum Gasteiger partial charge on any atom is -0.481 e. The number of nitrogens with one attached hydrogen (secondary N) is 1. The second-order valence-corrected chi connectivity index (χ2v) is 12.4. The van der Waals surface area contributed by atoms with Crippen LogP contribution in [0.2, 0.25) is 0 Å². The van der Waals surface area contributed by atoms with Gasteiger partial charge in [-0.3, -0.25) is 19.2 Å². The zero-order valence-corrected chi connectivity index (χ0v) is 26.6. The van der Waals surface area contributed by atoms with E-state index in [1.807, 2.05) is 12.1 Å². The molecule has 1 saturated heterocycles. The lowest BCUT2D eigenvalue weighted by atomic mass is 9.53. The number of carboxylic acids is 2. The Kier molecular flexibility index (Phi) is 10.5. The molecule has 2 bridgehead atoms. The minimum atomic E-state index is -1.00. The molecular weight excluding hydrogens is 598 g/mol. The van der Waals surface area contributed by atoms with Gasteiger partial charge in [0.25, 0.3) is 0 Å². The lowest BCUT2D eigenvalue weighted by Crippen LogP contribution is -2.65. The molecule has 2 aliphatic carbocycles. The van der Waals surface area contributed by atoms with Crippen LogP contribution in [0.1, 0.15) is 50.9 Å². The number of carbonyl (C=O) groups excluding carboxylic acids is 2. The standard InChI is InChI=1S/C21H23NO5.C6H9N3O2.C5H11NO2/c1-11(23)25-16-6-4-13-10-15-14-5-7-17(26-12(2)24)20-21(14,8-9-22(15)3)18(13)19(16)27-20;7-5(6(10)11)1-4-2-8-3-9-4;1-3(2)4(6)5(7)8/h4-7,14-15,17,20H,8-10H2,1-3H3;2-3,5H,1,7H2,(H,8,9)(H,10,11);3-4H,6H2,1-2H3,(H,7,8)/t14-,15+,17-,20-,21-;5-;/m00./s1. The summed E-state index contributed by atoms with van der Waals surface area (Å²) in [5, 5.41) is 16.6. The lowest BCUT2D eigenvalue weighted by Gasteiger charge is -2.56. The third-order valence-electron chi connectivity index (χ3n) is 8.99. The van der Waals surface area contributed by atoms with E-state index in [1.165, 1.54) is 25.7 Å². The summed E-state index contributed by atoms with van der Waals surface area (Å²) in [6.07, 6.45) is 8.64. The number of hydrogen-bond donors (Lipinski definition) is 5. The Labute approximate surface area is 267 Å². The molecule has 4 aliphatic rings. The highest BCUT2D eigenvalue weighted by molar-refractivity contribution is 5.74. The maximum atomic E-state index is 11.7. The van der Waals surface area contributed by atoms with Gasteiger partial charge < -0.3 is 45.8 Å². The first-order chi connectivity index (χ1) is 21.7. The monoisotopic (exact) mass is 641 g/mol. The second kappa shape index (κ2) is 14.0. The van der Waals surface area contributed by atoms with Gasteiger partial charge in [-0.15, -0.1) is 0 Å². The molecule has 14 heteroatoms. The average Bonchev–Trinajstić information content (AvgIpc) is 3.62. The molecule has 1 aromatic heterocycles. The molecule has 7 atom stereocenters. The van der Waals surface area contributed by atoms with Crippen LogP contribution in [0.3, 0.4) is 0 Å². The van der Waals surface area contributed by atoms with Crippen molar-refractivity contribution in [2.24, 2.45) is 23.3 Å². The number of aliphatic carboxylic acids is 2. The molecule has 1 aromatic carbocycles. The number of benzene rings is 1. The van der Waals surface area contributed by atoms with Crippen molar-refractivity contribution in [3.8, 4) is 11.5 Å². The number of ether oxygens (including phenoxy) is 3. The first-order valence-corrected chi connectivity index (χ1v) is 15.2. The minimum absolute atomic E-state index is 0.0208. The molecule has 14 nitrogen and oxygen atoms in total. The number of carbonyl (C=O) groups is 4. The molecule has 0 radical (unpaired) electrons. The van der Waals surface area contributed by atoms with Crippen LogP contribution in [0.15, 0.2) is 36.8 Å². The summed E-state index contributed by atoms with van der Waals surface area (Å²) in [6, 6.07) is 2.71. The Morgan fingerprint density at radius 1 is 1.13 bits per heavy atom. The first-order valence-electron chi connectivity index (χ1n) is 15.2. The van der Waals surface area contributed by atoms with Gasteiger partial charge in [0.05, 0.1) is 6.33 Å². The number of rotatable bonds is 7. The van der Waals surface area contributed by atoms with Gasteiger partial charge >= 0.3 is 23.9 Å². The van der Waals surface area contributed by atoms with Crippen molar-refractivity contribution >= 4 is 23.9 Å². The zero-order valence-electron chi connectivity index (χ0n) is 26.6. The van der Waals surface area contributed by atoms with Gasteiger partial charge in [0.15, 0.2) is 17.6 Å². The van der Waals surface area contributed by atoms with E-state index < -0.39 is 30.1 Å². The van der Waals surface area contributed by atoms with Crippen molar-refractivity contribution in [2.45, 2.75) is 82.7 Å². The van der Waals surface area contributed by atoms with Gasteiger partial charge in [0, 0.05) is 55.1 Å². The van der Waals surface area contributed by atoms with Crippen molar-refractivity contribution in [2.75, 3.05) is 13.6 Å². The van der Waals surface area contributed by atoms with Crippen LogP contribution in [0.25, 0.3) is 0 Å². The Balaban J connectivity index is 0.000000209. The summed E-state index contributed by atoms with van der Waals surface area (Å²) in [7, 11) is 2.17. The van der Waals surface area contributed by atoms with Crippen LogP contribution in [0.4, 0.5) is 0 Å². The summed E-state index contributed by atoms with van der Waals surface area (Å²) in [4.78, 5) is 52.5. The van der Waals surface area contributed by atoms with E-state index in [1.54, 1.807) is 20.0 Å². The molecule has 1 spiro atoms. The highest BCUT2D eigenvalue weighted by Gasteiger charge is 2.65. The predicted octanol–water partition coefficient (Wildman–Crippen LogP) is 1.41. The Bertz CT molecular complexity index is 1480. The molecule has 250 valence electrons. The van der Waals surface area contributed by atoms with Gasteiger partial charge in [-0.2, -0.15) is 0 Å². The molecular formula is C32H43N5O9. The number of aromatic amines is 1. The largest absolute Gasteiger partial charge is 0.481 e. The van der Waals surface area contributed by atoms with Crippen LogP contribution in [0.5, 0.6) is 11.5 Å². The van der Waals surface area contributed by atoms with Crippen LogP contribution < -0.4 is 20.9 Å². The van der Waals surface area contributed by atoms with Crippen LogP contribution >= 0.6 is 0 Å². The first kappa shape index (κ1) is 34.6. The summed E-state index contributed by atoms with van der Waals surface area (Å²) in [5.41, 5.74) is 13.3. The van der Waals surface area contributed by atoms with Crippen LogP contribution in [-0.4, -0.2) is 92.9 Å². The number of imidazole rings is 1. The number of likely N-dealkylation sites (tertiary alicyclic amines) is 1. The molecule has 6 rings (SSSR count). The number of esters is 2. The quantitative estimate of drug-likeness (QED) is 0.164. The number of nitrogens with zero attached hydrogens (tertiary/aromatic N) is 2. The highest BCUT2D eigenvalue weighted by atomic mass is 16.6. The lowest BCUT2D eigenvalue weighted by molar-refractivity contribution is -0.152. The number of hydrogen-bond acceptors (Lipinski definition) is 11. The van der Waals surface area contributed by atoms with Gasteiger partial charge in [0.2, 0.25) is 0 Å². The molecule has 1 fully saturated rings. The molecule has 2 aliphatic heterocycles. The second-order valence-electron chi connectivity index (χ2n) is 12.4. The average molecular weight is 642 g/mol. The van der Waals surface area contributed by atoms with Gasteiger partial charge in [-0.25, -0.2) is 4.98 Å². The topological polar surface area (TPSA) is 220 Å². The maximum absolute atomic E-state index is 11.7. The summed E-state index contributed by atoms with van der Waals surface area (Å²) >= 11 is 0. The number of carboxylic acid groups (broad SMARTS) is 2. The molecule has 0 amide bonds. The maximum Gasteiger partial charge on any atom is 0.320 e. The summed E-state index contributed by atoms with van der Waals surface area (Å²) < 4.78 is 17.5. The Morgan fingerprint density at radius 3 is 2.39 bits per heavy atom.